The Kier molecular flexibility index (Phi) is 4.04. The molecule has 114 valence electrons. The summed E-state index contributed by atoms with van der Waals surface area (Å²) in [4.78, 5) is 14.6. The molecule has 0 aromatic heterocycles. The zero-order valence-corrected chi connectivity index (χ0v) is 12.8. The molecule has 1 amide bonds. The van der Waals surface area contributed by atoms with Gasteiger partial charge in [0.05, 0.1) is 20.6 Å². The maximum atomic E-state index is 12.6. The van der Waals surface area contributed by atoms with E-state index in [0.29, 0.717) is 6.42 Å². The van der Waals surface area contributed by atoms with Gasteiger partial charge in [-0.25, -0.2) is 0 Å². The molecule has 1 saturated heterocycles. The first-order chi connectivity index (χ1) is 10.2. The van der Waals surface area contributed by atoms with Crippen molar-refractivity contribution in [3.63, 3.8) is 0 Å². The third-order valence-corrected chi connectivity index (χ3v) is 4.79. The van der Waals surface area contributed by atoms with Crippen LogP contribution in [0, 0.1) is 11.8 Å². The van der Waals surface area contributed by atoms with Crippen LogP contribution in [0.15, 0.2) is 18.2 Å². The van der Waals surface area contributed by atoms with Gasteiger partial charge in [-0.1, -0.05) is 0 Å². The smallest absolute Gasteiger partial charge is 0.227 e. The van der Waals surface area contributed by atoms with Crippen molar-refractivity contribution >= 4 is 5.91 Å². The summed E-state index contributed by atoms with van der Waals surface area (Å²) in [5, 5.41) is 0. The first kappa shape index (κ1) is 14.2. The quantitative estimate of drug-likeness (QED) is 0.855. The van der Waals surface area contributed by atoms with Gasteiger partial charge in [0.25, 0.3) is 0 Å². The molecule has 2 fully saturated rings. The van der Waals surface area contributed by atoms with E-state index >= 15 is 0 Å². The Balaban J connectivity index is 1.72. The van der Waals surface area contributed by atoms with Crippen molar-refractivity contribution in [1.29, 1.82) is 0 Å². The molecule has 0 unspecified atom stereocenters. The van der Waals surface area contributed by atoms with Crippen LogP contribution in [0.2, 0.25) is 0 Å². The van der Waals surface area contributed by atoms with Crippen LogP contribution in [0.25, 0.3) is 0 Å². The van der Waals surface area contributed by atoms with E-state index in [-0.39, 0.29) is 5.91 Å². The Bertz CT molecular complexity index is 517. The third kappa shape index (κ3) is 2.99. The molecule has 4 heteroatoms. The molecular formula is C17H23NO3. The standard InChI is InChI=1S/C17H23NO3/c1-20-15-5-6-16(21-2)14(8-15)9-17(19)18-10-12-3-4-13(7-12)11-18/h5-6,8,12-13H,3-4,7,9-11H2,1-2H3/t12-,13+. The Hall–Kier alpha value is -1.71. The number of rotatable bonds is 4. The number of hydrogen-bond donors (Lipinski definition) is 0. The second-order valence-electron chi connectivity index (χ2n) is 6.20. The lowest BCUT2D eigenvalue weighted by molar-refractivity contribution is -0.132. The number of likely N-dealkylation sites (tertiary alicyclic amines) is 1. The molecule has 1 aliphatic heterocycles. The second kappa shape index (κ2) is 5.96. The zero-order valence-electron chi connectivity index (χ0n) is 12.8. The van der Waals surface area contributed by atoms with Gasteiger partial charge < -0.3 is 14.4 Å². The van der Waals surface area contributed by atoms with E-state index in [0.717, 1.165) is 42.0 Å². The van der Waals surface area contributed by atoms with Crippen molar-refractivity contribution in [3.05, 3.63) is 23.8 Å². The van der Waals surface area contributed by atoms with Crippen LogP contribution < -0.4 is 9.47 Å². The van der Waals surface area contributed by atoms with E-state index in [1.54, 1.807) is 14.2 Å². The minimum atomic E-state index is 0.207. The number of nitrogens with zero attached hydrogens (tertiary/aromatic N) is 1. The summed E-state index contributed by atoms with van der Waals surface area (Å²) in [6.07, 6.45) is 4.28. The molecule has 21 heavy (non-hydrogen) atoms. The number of benzene rings is 1. The van der Waals surface area contributed by atoms with Gasteiger partial charge in [-0.2, -0.15) is 0 Å². The summed E-state index contributed by atoms with van der Waals surface area (Å²) < 4.78 is 10.6. The Morgan fingerprint density at radius 2 is 1.90 bits per heavy atom. The van der Waals surface area contributed by atoms with Crippen molar-refractivity contribution < 1.29 is 14.3 Å². The molecule has 1 heterocycles. The fourth-order valence-corrected chi connectivity index (χ4v) is 3.71. The first-order valence-corrected chi connectivity index (χ1v) is 7.68. The van der Waals surface area contributed by atoms with Crippen LogP contribution in [0.5, 0.6) is 11.5 Å². The number of ether oxygens (including phenoxy) is 2. The summed E-state index contributed by atoms with van der Waals surface area (Å²) in [6.45, 7) is 1.86. The maximum Gasteiger partial charge on any atom is 0.227 e. The molecule has 0 N–H and O–H groups in total. The molecule has 0 spiro atoms. The highest BCUT2D eigenvalue weighted by atomic mass is 16.5. The van der Waals surface area contributed by atoms with Crippen LogP contribution in [-0.2, 0) is 11.2 Å². The molecule has 3 rings (SSSR count). The van der Waals surface area contributed by atoms with E-state index in [1.807, 2.05) is 23.1 Å². The highest BCUT2D eigenvalue weighted by molar-refractivity contribution is 5.80. The Morgan fingerprint density at radius 1 is 1.19 bits per heavy atom. The summed E-state index contributed by atoms with van der Waals surface area (Å²) in [7, 11) is 3.27. The SMILES string of the molecule is COc1ccc(OC)c(CC(=O)N2C[C@@H]3CC[C@@H](C3)C2)c1. The van der Waals surface area contributed by atoms with Gasteiger partial charge in [0, 0.05) is 18.7 Å². The van der Waals surface area contributed by atoms with Crippen LogP contribution >= 0.6 is 0 Å². The van der Waals surface area contributed by atoms with Crippen LogP contribution in [0.4, 0.5) is 0 Å². The predicted molar refractivity (Wildman–Crippen MR) is 80.7 cm³/mol. The van der Waals surface area contributed by atoms with E-state index in [4.69, 9.17) is 9.47 Å². The molecule has 1 saturated carbocycles. The van der Waals surface area contributed by atoms with E-state index in [9.17, 15) is 4.79 Å². The normalized spacial score (nSPS) is 24.0. The number of methoxy groups -OCH3 is 2. The summed E-state index contributed by atoms with van der Waals surface area (Å²) >= 11 is 0. The fourth-order valence-electron chi connectivity index (χ4n) is 3.71. The largest absolute Gasteiger partial charge is 0.497 e. The lowest BCUT2D eigenvalue weighted by Crippen LogP contribution is -2.41. The average molecular weight is 289 g/mol. The van der Waals surface area contributed by atoms with Crippen molar-refractivity contribution in [2.75, 3.05) is 27.3 Å². The molecular weight excluding hydrogens is 266 g/mol. The van der Waals surface area contributed by atoms with Crippen LogP contribution in [0.3, 0.4) is 0 Å². The molecule has 4 nitrogen and oxygen atoms in total. The lowest BCUT2D eigenvalue weighted by Gasteiger charge is -2.32. The molecule has 1 aromatic carbocycles. The number of carbonyl (C=O) groups is 1. The zero-order chi connectivity index (χ0) is 14.8. The highest BCUT2D eigenvalue weighted by Crippen LogP contribution is 2.36. The van der Waals surface area contributed by atoms with Crippen LogP contribution in [-0.4, -0.2) is 38.1 Å². The minimum absolute atomic E-state index is 0.207. The summed E-state index contributed by atoms with van der Waals surface area (Å²) in [6, 6.07) is 5.62. The monoisotopic (exact) mass is 289 g/mol. The van der Waals surface area contributed by atoms with E-state index in [2.05, 4.69) is 0 Å². The number of carbonyl (C=O) groups excluding carboxylic acids is 1. The topological polar surface area (TPSA) is 38.8 Å². The number of amides is 1. The molecule has 1 aromatic rings. The molecule has 2 aliphatic rings. The number of piperidine rings is 1. The van der Waals surface area contributed by atoms with Gasteiger partial charge in [-0.15, -0.1) is 0 Å². The van der Waals surface area contributed by atoms with Crippen molar-refractivity contribution in [3.8, 4) is 11.5 Å². The van der Waals surface area contributed by atoms with Gasteiger partial charge in [0.1, 0.15) is 11.5 Å². The summed E-state index contributed by atoms with van der Waals surface area (Å²) in [5.41, 5.74) is 0.903. The molecule has 2 bridgehead atoms. The predicted octanol–water partition coefficient (Wildman–Crippen LogP) is 2.50. The average Bonchev–Trinajstić information content (AvgIpc) is 2.85. The Morgan fingerprint density at radius 3 is 2.52 bits per heavy atom. The van der Waals surface area contributed by atoms with Gasteiger partial charge in [0.2, 0.25) is 5.91 Å². The van der Waals surface area contributed by atoms with E-state index in [1.165, 1.54) is 19.3 Å². The Labute approximate surface area is 126 Å². The molecule has 1 aliphatic carbocycles. The maximum absolute atomic E-state index is 12.6. The van der Waals surface area contributed by atoms with E-state index < -0.39 is 0 Å². The molecule has 0 radical (unpaired) electrons. The van der Waals surface area contributed by atoms with Gasteiger partial charge in [-0.05, 0) is 49.3 Å². The van der Waals surface area contributed by atoms with Crippen molar-refractivity contribution in [2.45, 2.75) is 25.7 Å². The second-order valence-corrected chi connectivity index (χ2v) is 6.20. The highest BCUT2D eigenvalue weighted by Gasteiger charge is 2.34. The minimum Gasteiger partial charge on any atom is -0.497 e. The van der Waals surface area contributed by atoms with Crippen LogP contribution in [0.1, 0.15) is 24.8 Å². The lowest BCUT2D eigenvalue weighted by atomic mass is 9.98. The van der Waals surface area contributed by atoms with Gasteiger partial charge in [0.15, 0.2) is 0 Å². The van der Waals surface area contributed by atoms with Crippen molar-refractivity contribution in [2.24, 2.45) is 11.8 Å². The van der Waals surface area contributed by atoms with Crippen molar-refractivity contribution in [1.82, 2.24) is 4.90 Å². The number of fused-ring (bicyclic) bond motifs is 2. The third-order valence-electron chi connectivity index (χ3n) is 4.79. The molecule has 2 atom stereocenters. The summed E-state index contributed by atoms with van der Waals surface area (Å²) in [5.74, 6) is 3.17. The first-order valence-electron chi connectivity index (χ1n) is 7.68. The van der Waals surface area contributed by atoms with Gasteiger partial charge >= 0.3 is 0 Å². The van der Waals surface area contributed by atoms with Gasteiger partial charge in [-0.3, -0.25) is 4.79 Å². The number of hydrogen-bond acceptors (Lipinski definition) is 3. The fraction of sp³-hybridized carbons (Fsp3) is 0.588.